The zero-order valence-corrected chi connectivity index (χ0v) is 13.9. The Morgan fingerprint density at radius 1 is 1.52 bits per heavy atom. The van der Waals surface area contributed by atoms with Crippen molar-refractivity contribution in [2.75, 3.05) is 13.1 Å². The normalized spacial score (nSPS) is 16.9. The SMILES string of the molecule is Cc1onc(-c2c(F)cccc2Cl)c1C(=O)NC1CCNC1.Cl. The summed E-state index contributed by atoms with van der Waals surface area (Å²) in [5.74, 6) is -0.545. The summed E-state index contributed by atoms with van der Waals surface area (Å²) in [6, 6.07) is 4.36. The van der Waals surface area contributed by atoms with Gasteiger partial charge in [0.2, 0.25) is 0 Å². The summed E-state index contributed by atoms with van der Waals surface area (Å²) >= 11 is 6.06. The van der Waals surface area contributed by atoms with E-state index in [0.717, 1.165) is 13.0 Å². The van der Waals surface area contributed by atoms with Gasteiger partial charge >= 0.3 is 0 Å². The van der Waals surface area contributed by atoms with Gasteiger partial charge in [0.05, 0.1) is 10.6 Å². The first-order valence-corrected chi connectivity index (χ1v) is 7.38. The van der Waals surface area contributed by atoms with Crippen molar-refractivity contribution in [3.05, 3.63) is 40.4 Å². The van der Waals surface area contributed by atoms with Gasteiger partial charge in [-0.25, -0.2) is 4.39 Å². The van der Waals surface area contributed by atoms with Crippen LogP contribution in [0.2, 0.25) is 5.02 Å². The number of benzene rings is 1. The molecule has 1 atom stereocenters. The maximum Gasteiger partial charge on any atom is 0.257 e. The highest BCUT2D eigenvalue weighted by Crippen LogP contribution is 2.33. The Hall–Kier alpha value is -1.63. The number of aromatic nitrogens is 1. The van der Waals surface area contributed by atoms with Crippen LogP contribution in [-0.2, 0) is 0 Å². The molecular weight excluding hydrogens is 344 g/mol. The standard InChI is InChI=1S/C15H15ClFN3O2.ClH/c1-8-12(15(21)19-9-5-6-18-7-9)14(20-22-8)13-10(16)3-2-4-11(13)17;/h2-4,9,18H,5-7H2,1H3,(H,19,21);1H. The predicted molar refractivity (Wildman–Crippen MR) is 87.6 cm³/mol. The number of halogens is 3. The summed E-state index contributed by atoms with van der Waals surface area (Å²) in [4.78, 5) is 12.5. The molecular formula is C15H16Cl2FN3O2. The molecule has 5 nitrogen and oxygen atoms in total. The van der Waals surface area contributed by atoms with Gasteiger partial charge in [-0.15, -0.1) is 12.4 Å². The minimum atomic E-state index is -0.544. The number of nitrogens with one attached hydrogen (secondary N) is 2. The first-order chi connectivity index (χ1) is 10.6. The molecule has 1 aromatic carbocycles. The van der Waals surface area contributed by atoms with Gasteiger partial charge in [0.15, 0.2) is 0 Å². The van der Waals surface area contributed by atoms with Crippen molar-refractivity contribution >= 4 is 29.9 Å². The minimum absolute atomic E-state index is 0. The topological polar surface area (TPSA) is 67.2 Å². The van der Waals surface area contributed by atoms with E-state index in [1.807, 2.05) is 0 Å². The average Bonchev–Trinajstić information content (AvgIpc) is 3.09. The van der Waals surface area contributed by atoms with Gasteiger partial charge < -0.3 is 15.2 Å². The number of aryl methyl sites for hydroxylation is 1. The molecule has 1 aliphatic heterocycles. The van der Waals surface area contributed by atoms with E-state index >= 15 is 0 Å². The first kappa shape index (κ1) is 17.7. The van der Waals surface area contributed by atoms with Crippen LogP contribution in [0.15, 0.2) is 22.7 Å². The number of rotatable bonds is 3. The Labute approximate surface area is 144 Å². The largest absolute Gasteiger partial charge is 0.360 e. The van der Waals surface area contributed by atoms with Gasteiger partial charge in [-0.3, -0.25) is 4.79 Å². The maximum atomic E-state index is 14.1. The van der Waals surface area contributed by atoms with Crippen molar-refractivity contribution in [3.63, 3.8) is 0 Å². The summed E-state index contributed by atoms with van der Waals surface area (Å²) in [7, 11) is 0. The van der Waals surface area contributed by atoms with Crippen molar-refractivity contribution in [1.82, 2.24) is 15.8 Å². The molecule has 1 aromatic heterocycles. The summed E-state index contributed by atoms with van der Waals surface area (Å²) in [6.45, 7) is 3.19. The Bertz CT molecular complexity index is 694. The zero-order chi connectivity index (χ0) is 15.7. The van der Waals surface area contributed by atoms with E-state index in [9.17, 15) is 9.18 Å². The third-order valence-electron chi connectivity index (χ3n) is 3.68. The molecule has 2 N–H and O–H groups in total. The van der Waals surface area contributed by atoms with Crippen LogP contribution in [0, 0.1) is 12.7 Å². The lowest BCUT2D eigenvalue weighted by Crippen LogP contribution is -2.36. The Balaban J connectivity index is 0.00000192. The molecule has 0 bridgehead atoms. The van der Waals surface area contributed by atoms with E-state index in [0.29, 0.717) is 12.3 Å². The van der Waals surface area contributed by atoms with E-state index in [1.54, 1.807) is 13.0 Å². The summed E-state index contributed by atoms with van der Waals surface area (Å²) in [5.41, 5.74) is 0.429. The number of carbonyl (C=O) groups excluding carboxylic acids is 1. The third-order valence-corrected chi connectivity index (χ3v) is 4.00. The number of hydrogen-bond acceptors (Lipinski definition) is 4. The number of carbonyl (C=O) groups is 1. The maximum absolute atomic E-state index is 14.1. The van der Waals surface area contributed by atoms with Gasteiger partial charge in [-0.05, 0) is 32.0 Å². The van der Waals surface area contributed by atoms with Crippen LogP contribution in [0.25, 0.3) is 11.3 Å². The first-order valence-electron chi connectivity index (χ1n) is 7.00. The Morgan fingerprint density at radius 3 is 2.96 bits per heavy atom. The van der Waals surface area contributed by atoms with Crippen molar-refractivity contribution in [3.8, 4) is 11.3 Å². The van der Waals surface area contributed by atoms with E-state index in [4.69, 9.17) is 16.1 Å². The summed E-state index contributed by atoms with van der Waals surface area (Å²) in [6.07, 6.45) is 0.853. The quantitative estimate of drug-likeness (QED) is 0.883. The van der Waals surface area contributed by atoms with Gasteiger partial charge in [-0.1, -0.05) is 22.8 Å². The van der Waals surface area contributed by atoms with Crippen LogP contribution in [0.1, 0.15) is 22.5 Å². The second-order valence-electron chi connectivity index (χ2n) is 5.22. The molecule has 1 unspecified atom stereocenters. The molecule has 1 amide bonds. The van der Waals surface area contributed by atoms with Gasteiger partial charge in [0.25, 0.3) is 5.91 Å². The average molecular weight is 360 g/mol. The lowest BCUT2D eigenvalue weighted by molar-refractivity contribution is 0.0939. The second kappa shape index (κ2) is 7.29. The minimum Gasteiger partial charge on any atom is -0.360 e. The zero-order valence-electron chi connectivity index (χ0n) is 12.4. The number of hydrogen-bond donors (Lipinski definition) is 2. The molecule has 1 saturated heterocycles. The molecule has 0 aliphatic carbocycles. The van der Waals surface area contributed by atoms with Crippen molar-refractivity contribution < 1.29 is 13.7 Å². The molecule has 23 heavy (non-hydrogen) atoms. The molecule has 0 spiro atoms. The molecule has 2 aromatic rings. The van der Waals surface area contributed by atoms with Crippen molar-refractivity contribution in [2.24, 2.45) is 0 Å². The highest BCUT2D eigenvalue weighted by molar-refractivity contribution is 6.33. The van der Waals surface area contributed by atoms with E-state index in [1.165, 1.54) is 12.1 Å². The van der Waals surface area contributed by atoms with Crippen LogP contribution >= 0.6 is 24.0 Å². The Morgan fingerprint density at radius 2 is 2.30 bits per heavy atom. The lowest BCUT2D eigenvalue weighted by Gasteiger charge is -2.11. The third kappa shape index (κ3) is 3.49. The fourth-order valence-corrected chi connectivity index (χ4v) is 2.82. The molecule has 0 saturated carbocycles. The van der Waals surface area contributed by atoms with Crippen molar-refractivity contribution in [1.29, 1.82) is 0 Å². The highest BCUT2D eigenvalue weighted by Gasteiger charge is 2.27. The van der Waals surface area contributed by atoms with Gasteiger partial charge in [-0.2, -0.15) is 0 Å². The van der Waals surface area contributed by atoms with Gasteiger partial charge in [0, 0.05) is 12.6 Å². The lowest BCUT2D eigenvalue weighted by atomic mass is 10.0. The smallest absolute Gasteiger partial charge is 0.257 e. The molecule has 1 fully saturated rings. The molecule has 3 rings (SSSR count). The van der Waals surface area contributed by atoms with Crippen LogP contribution in [0.4, 0.5) is 4.39 Å². The predicted octanol–water partition coefficient (Wildman–Crippen LogP) is 2.96. The molecule has 0 radical (unpaired) electrons. The van der Waals surface area contributed by atoms with Crippen molar-refractivity contribution in [2.45, 2.75) is 19.4 Å². The fourth-order valence-electron chi connectivity index (χ4n) is 2.57. The fraction of sp³-hybridized carbons (Fsp3) is 0.333. The van der Waals surface area contributed by atoms with Crippen LogP contribution < -0.4 is 10.6 Å². The van der Waals surface area contributed by atoms with Crippen LogP contribution in [-0.4, -0.2) is 30.2 Å². The highest BCUT2D eigenvalue weighted by atomic mass is 35.5. The Kier molecular flexibility index (Phi) is 5.62. The summed E-state index contributed by atoms with van der Waals surface area (Å²) < 4.78 is 19.2. The van der Waals surface area contributed by atoms with E-state index < -0.39 is 5.82 Å². The van der Waals surface area contributed by atoms with E-state index in [2.05, 4.69) is 15.8 Å². The van der Waals surface area contributed by atoms with E-state index in [-0.39, 0.29) is 46.2 Å². The monoisotopic (exact) mass is 359 g/mol. The number of amides is 1. The van der Waals surface area contributed by atoms with Crippen LogP contribution in [0.5, 0.6) is 0 Å². The summed E-state index contributed by atoms with van der Waals surface area (Å²) in [5, 5.41) is 10.1. The van der Waals surface area contributed by atoms with Crippen LogP contribution in [0.3, 0.4) is 0 Å². The molecule has 1 aliphatic rings. The molecule has 8 heteroatoms. The molecule has 124 valence electrons. The van der Waals surface area contributed by atoms with Gasteiger partial charge in [0.1, 0.15) is 22.8 Å². The second-order valence-corrected chi connectivity index (χ2v) is 5.63. The number of nitrogens with zero attached hydrogens (tertiary/aromatic N) is 1. The molecule has 2 heterocycles.